The number of aryl methyl sites for hydroxylation is 1. The van der Waals surface area contributed by atoms with Crippen LogP contribution >= 0.6 is 0 Å². The van der Waals surface area contributed by atoms with Gasteiger partial charge in [0, 0.05) is 30.0 Å². The standard InChI is InChI=1S/C20H25N3O6/c1-12(18(25)21-13-8-9-14-15(10-13)27-11-26-14)28-17(24)7-5-6-16-22-19(23-29-16)20(2,3)4/h8-10,12H,5-7,11H2,1-4H3,(H,21,25). The van der Waals surface area contributed by atoms with E-state index in [9.17, 15) is 9.59 Å². The second-order valence-corrected chi connectivity index (χ2v) is 7.80. The summed E-state index contributed by atoms with van der Waals surface area (Å²) in [4.78, 5) is 28.6. The molecule has 9 nitrogen and oxygen atoms in total. The molecule has 1 aromatic heterocycles. The van der Waals surface area contributed by atoms with E-state index in [0.717, 1.165) is 0 Å². The van der Waals surface area contributed by atoms with Crippen LogP contribution in [0.3, 0.4) is 0 Å². The first-order valence-electron chi connectivity index (χ1n) is 9.45. The van der Waals surface area contributed by atoms with Crippen LogP contribution in [0.2, 0.25) is 0 Å². The van der Waals surface area contributed by atoms with Crippen LogP contribution in [0.5, 0.6) is 11.5 Å². The summed E-state index contributed by atoms with van der Waals surface area (Å²) in [7, 11) is 0. The lowest BCUT2D eigenvalue weighted by Gasteiger charge is -2.13. The fourth-order valence-electron chi connectivity index (χ4n) is 2.57. The van der Waals surface area contributed by atoms with Gasteiger partial charge < -0.3 is 24.1 Å². The summed E-state index contributed by atoms with van der Waals surface area (Å²) in [5.74, 6) is 1.40. The molecule has 0 saturated heterocycles. The van der Waals surface area contributed by atoms with Gasteiger partial charge in [-0.2, -0.15) is 4.98 Å². The van der Waals surface area contributed by atoms with E-state index >= 15 is 0 Å². The molecule has 0 radical (unpaired) electrons. The molecule has 29 heavy (non-hydrogen) atoms. The minimum Gasteiger partial charge on any atom is -0.454 e. The van der Waals surface area contributed by atoms with Crippen molar-refractivity contribution >= 4 is 17.6 Å². The third-order valence-electron chi connectivity index (χ3n) is 4.23. The lowest BCUT2D eigenvalue weighted by Crippen LogP contribution is -2.29. The number of amides is 1. The first-order chi connectivity index (χ1) is 13.7. The molecule has 1 unspecified atom stereocenters. The number of fused-ring (bicyclic) bond motifs is 1. The molecule has 0 aliphatic carbocycles. The molecule has 1 aliphatic rings. The maximum Gasteiger partial charge on any atom is 0.306 e. The number of aromatic nitrogens is 2. The Balaban J connectivity index is 1.41. The van der Waals surface area contributed by atoms with Crippen molar-refractivity contribution in [3.05, 3.63) is 29.9 Å². The highest BCUT2D eigenvalue weighted by atomic mass is 16.7. The molecule has 0 bridgehead atoms. The maximum absolute atomic E-state index is 12.2. The van der Waals surface area contributed by atoms with E-state index in [1.54, 1.807) is 18.2 Å². The largest absolute Gasteiger partial charge is 0.454 e. The number of rotatable bonds is 7. The smallest absolute Gasteiger partial charge is 0.306 e. The Hall–Kier alpha value is -3.10. The Bertz CT molecular complexity index is 887. The van der Waals surface area contributed by atoms with Crippen molar-refractivity contribution < 1.29 is 28.3 Å². The second kappa shape index (κ2) is 8.50. The van der Waals surface area contributed by atoms with Gasteiger partial charge in [0.1, 0.15) is 0 Å². The van der Waals surface area contributed by atoms with Gasteiger partial charge in [0.25, 0.3) is 5.91 Å². The van der Waals surface area contributed by atoms with Crippen molar-refractivity contribution in [3.63, 3.8) is 0 Å². The summed E-state index contributed by atoms with van der Waals surface area (Å²) in [5, 5.41) is 6.64. The maximum atomic E-state index is 12.2. The Kier molecular flexibility index (Phi) is 6.05. The first-order valence-corrected chi connectivity index (χ1v) is 9.45. The molecule has 9 heteroatoms. The predicted molar refractivity (Wildman–Crippen MR) is 103 cm³/mol. The lowest BCUT2D eigenvalue weighted by molar-refractivity contribution is -0.153. The number of ether oxygens (including phenoxy) is 3. The highest BCUT2D eigenvalue weighted by Crippen LogP contribution is 2.34. The zero-order valence-corrected chi connectivity index (χ0v) is 17.0. The number of benzene rings is 1. The van der Waals surface area contributed by atoms with Gasteiger partial charge in [-0.15, -0.1) is 0 Å². The molecule has 3 rings (SSSR count). The van der Waals surface area contributed by atoms with Gasteiger partial charge in [-0.1, -0.05) is 25.9 Å². The minimum atomic E-state index is -0.927. The topological polar surface area (TPSA) is 113 Å². The number of nitrogens with zero attached hydrogens (tertiary/aromatic N) is 2. The van der Waals surface area contributed by atoms with Crippen molar-refractivity contribution in [1.29, 1.82) is 0 Å². The molecular formula is C20H25N3O6. The van der Waals surface area contributed by atoms with Crippen LogP contribution in [0.25, 0.3) is 0 Å². The molecule has 1 aromatic carbocycles. The molecule has 1 aliphatic heterocycles. The second-order valence-electron chi connectivity index (χ2n) is 7.80. The first kappa shape index (κ1) is 20.6. The zero-order chi connectivity index (χ0) is 21.0. The monoisotopic (exact) mass is 403 g/mol. The number of anilines is 1. The molecule has 0 saturated carbocycles. The van der Waals surface area contributed by atoms with E-state index in [-0.39, 0.29) is 18.6 Å². The molecule has 2 heterocycles. The van der Waals surface area contributed by atoms with E-state index in [1.807, 2.05) is 20.8 Å². The number of nitrogens with one attached hydrogen (secondary N) is 1. The third kappa shape index (κ3) is 5.46. The number of esters is 1. The van der Waals surface area contributed by atoms with Gasteiger partial charge >= 0.3 is 5.97 Å². The van der Waals surface area contributed by atoms with Crippen LogP contribution in [0.15, 0.2) is 22.7 Å². The molecule has 156 valence electrons. The van der Waals surface area contributed by atoms with Gasteiger partial charge in [-0.25, -0.2) is 0 Å². The molecule has 1 atom stereocenters. The zero-order valence-electron chi connectivity index (χ0n) is 17.0. The van der Waals surface area contributed by atoms with Gasteiger partial charge in [0.2, 0.25) is 12.7 Å². The van der Waals surface area contributed by atoms with E-state index in [1.165, 1.54) is 6.92 Å². The van der Waals surface area contributed by atoms with E-state index in [2.05, 4.69) is 15.5 Å². The van der Waals surface area contributed by atoms with Crippen molar-refractivity contribution in [1.82, 2.24) is 10.1 Å². The van der Waals surface area contributed by atoms with Crippen LogP contribution in [0.4, 0.5) is 5.69 Å². The summed E-state index contributed by atoms with van der Waals surface area (Å²) in [6.45, 7) is 7.66. The van der Waals surface area contributed by atoms with E-state index < -0.39 is 18.0 Å². The van der Waals surface area contributed by atoms with Gasteiger partial charge in [0.05, 0.1) is 0 Å². The van der Waals surface area contributed by atoms with Crippen LogP contribution < -0.4 is 14.8 Å². The molecule has 1 amide bonds. The van der Waals surface area contributed by atoms with Gasteiger partial charge in [-0.3, -0.25) is 9.59 Å². The minimum absolute atomic E-state index is 0.148. The summed E-state index contributed by atoms with van der Waals surface area (Å²) in [6, 6.07) is 5.05. The average Bonchev–Trinajstić information content (AvgIpc) is 3.30. The Morgan fingerprint density at radius 1 is 1.24 bits per heavy atom. The summed E-state index contributed by atoms with van der Waals surface area (Å²) in [6.07, 6.45) is 0.176. The predicted octanol–water partition coefficient (Wildman–Crippen LogP) is 2.99. The average molecular weight is 403 g/mol. The fraction of sp³-hybridized carbons (Fsp3) is 0.500. The number of carbonyl (C=O) groups excluding carboxylic acids is 2. The third-order valence-corrected chi connectivity index (χ3v) is 4.23. The van der Waals surface area contributed by atoms with Crippen LogP contribution in [-0.2, 0) is 26.2 Å². The fourth-order valence-corrected chi connectivity index (χ4v) is 2.57. The highest BCUT2D eigenvalue weighted by Gasteiger charge is 2.22. The highest BCUT2D eigenvalue weighted by molar-refractivity contribution is 5.95. The van der Waals surface area contributed by atoms with Crippen LogP contribution in [0, 0.1) is 0 Å². The van der Waals surface area contributed by atoms with Crippen LogP contribution in [0.1, 0.15) is 52.3 Å². The number of carbonyl (C=O) groups is 2. The van der Waals surface area contributed by atoms with E-state index in [4.69, 9.17) is 18.7 Å². The molecule has 0 fully saturated rings. The quantitative estimate of drug-likeness (QED) is 0.702. The molecular weight excluding hydrogens is 378 g/mol. The Morgan fingerprint density at radius 2 is 2.00 bits per heavy atom. The molecule has 2 aromatic rings. The summed E-state index contributed by atoms with van der Waals surface area (Å²) < 4.78 is 20.9. The van der Waals surface area contributed by atoms with Crippen molar-refractivity contribution in [3.8, 4) is 11.5 Å². The summed E-state index contributed by atoms with van der Waals surface area (Å²) in [5.41, 5.74) is 0.342. The van der Waals surface area contributed by atoms with Crippen molar-refractivity contribution in [2.75, 3.05) is 12.1 Å². The normalized spacial score (nSPS) is 13.8. The molecule has 0 spiro atoms. The number of hydrogen-bond donors (Lipinski definition) is 1. The van der Waals surface area contributed by atoms with E-state index in [0.29, 0.717) is 41.7 Å². The molecule has 1 N–H and O–H groups in total. The SMILES string of the molecule is CC(OC(=O)CCCc1nc(C(C)(C)C)no1)C(=O)Nc1ccc2c(c1)OCO2. The van der Waals surface area contributed by atoms with Crippen molar-refractivity contribution in [2.24, 2.45) is 0 Å². The Labute approximate surface area is 168 Å². The van der Waals surface area contributed by atoms with Gasteiger partial charge in [0.15, 0.2) is 23.4 Å². The number of hydrogen-bond acceptors (Lipinski definition) is 8. The Morgan fingerprint density at radius 3 is 2.72 bits per heavy atom. The lowest BCUT2D eigenvalue weighted by atomic mass is 9.96. The van der Waals surface area contributed by atoms with Crippen molar-refractivity contribution in [2.45, 2.75) is 58.5 Å². The van der Waals surface area contributed by atoms with Crippen LogP contribution in [-0.4, -0.2) is 34.9 Å². The summed E-state index contributed by atoms with van der Waals surface area (Å²) >= 11 is 0. The van der Waals surface area contributed by atoms with Gasteiger partial charge in [-0.05, 0) is 25.5 Å².